The van der Waals surface area contributed by atoms with Crippen molar-refractivity contribution in [3.05, 3.63) is 59.4 Å². The Morgan fingerprint density at radius 1 is 0.861 bits per heavy atom. The first kappa shape index (κ1) is 27.0. The maximum absolute atomic E-state index is 14.6. The van der Waals surface area contributed by atoms with Gasteiger partial charge in [-0.3, -0.25) is 14.4 Å². The van der Waals surface area contributed by atoms with E-state index in [-0.39, 0.29) is 42.6 Å². The molecule has 0 heterocycles. The molecule has 0 radical (unpaired) electrons. The quantitative estimate of drug-likeness (QED) is 0.359. The van der Waals surface area contributed by atoms with Gasteiger partial charge in [-0.05, 0) is 75.9 Å². The molecule has 1 fully saturated rings. The van der Waals surface area contributed by atoms with Gasteiger partial charge in [0.1, 0.15) is 17.3 Å². The molecule has 36 heavy (non-hydrogen) atoms. The zero-order valence-corrected chi connectivity index (χ0v) is 20.7. The highest BCUT2D eigenvalue weighted by molar-refractivity contribution is 5.95. The summed E-state index contributed by atoms with van der Waals surface area (Å²) in [6, 6.07) is 10.9. The van der Waals surface area contributed by atoms with Gasteiger partial charge >= 0.3 is 5.97 Å². The molecule has 2 N–H and O–H groups in total. The van der Waals surface area contributed by atoms with E-state index in [4.69, 9.17) is 14.2 Å². The lowest BCUT2D eigenvalue weighted by atomic mass is 9.87. The van der Waals surface area contributed by atoms with Crippen molar-refractivity contribution in [2.45, 2.75) is 45.6 Å². The van der Waals surface area contributed by atoms with Crippen molar-refractivity contribution in [2.75, 3.05) is 26.3 Å². The summed E-state index contributed by atoms with van der Waals surface area (Å²) in [5, 5.41) is 5.31. The van der Waals surface area contributed by atoms with Gasteiger partial charge in [0.05, 0.1) is 30.8 Å². The molecule has 1 saturated carbocycles. The molecule has 2 aromatic carbocycles. The number of amides is 2. The van der Waals surface area contributed by atoms with Crippen molar-refractivity contribution in [1.29, 1.82) is 0 Å². The molecular formula is C27H33FN2O6. The number of esters is 1. The smallest absolute Gasteiger partial charge is 0.308 e. The number of rotatable bonds is 11. The third kappa shape index (κ3) is 7.69. The molecular weight excluding hydrogens is 467 g/mol. The third-order valence-corrected chi connectivity index (χ3v) is 5.91. The van der Waals surface area contributed by atoms with Gasteiger partial charge in [0.25, 0.3) is 11.8 Å². The molecule has 194 valence electrons. The van der Waals surface area contributed by atoms with Crippen molar-refractivity contribution < 1.29 is 33.0 Å². The first-order valence-corrected chi connectivity index (χ1v) is 12.3. The molecule has 0 unspecified atom stereocenters. The minimum atomic E-state index is -0.691. The predicted molar refractivity (Wildman–Crippen MR) is 132 cm³/mol. The molecule has 0 aromatic heterocycles. The van der Waals surface area contributed by atoms with E-state index in [1.165, 1.54) is 12.1 Å². The van der Waals surface area contributed by atoms with Gasteiger partial charge in [-0.15, -0.1) is 0 Å². The van der Waals surface area contributed by atoms with Crippen molar-refractivity contribution >= 4 is 17.8 Å². The Hall–Kier alpha value is -3.62. The second kappa shape index (κ2) is 13.5. The molecule has 0 aliphatic heterocycles. The third-order valence-electron chi connectivity index (χ3n) is 5.91. The van der Waals surface area contributed by atoms with E-state index in [1.54, 1.807) is 37.3 Å². The van der Waals surface area contributed by atoms with E-state index in [9.17, 15) is 18.8 Å². The van der Waals surface area contributed by atoms with Crippen LogP contribution < -0.4 is 20.1 Å². The molecule has 0 atom stereocenters. The molecule has 8 nitrogen and oxygen atoms in total. The molecule has 0 spiro atoms. The molecule has 9 heteroatoms. The highest BCUT2D eigenvalue weighted by Crippen LogP contribution is 2.29. The Labute approximate surface area is 210 Å². The number of halogens is 1. The fourth-order valence-electron chi connectivity index (χ4n) is 4.04. The summed E-state index contributed by atoms with van der Waals surface area (Å²) >= 11 is 0. The summed E-state index contributed by atoms with van der Waals surface area (Å²) in [4.78, 5) is 36.4. The molecule has 0 saturated heterocycles. The first-order chi connectivity index (χ1) is 17.4. The predicted octanol–water partition coefficient (Wildman–Crippen LogP) is 3.88. The Morgan fingerprint density at radius 3 is 2.11 bits per heavy atom. The maximum atomic E-state index is 14.6. The summed E-state index contributed by atoms with van der Waals surface area (Å²) in [5.74, 6) is -0.817. The minimum Gasteiger partial charge on any atom is -0.494 e. The SMILES string of the molecule is CCOc1ccc(C(=O)NCCNC(=O)c2ccc(O[C@H]3CC[C@@H](C(=O)OCC)CC3)cc2F)cc1. The fourth-order valence-corrected chi connectivity index (χ4v) is 4.04. The van der Waals surface area contributed by atoms with Crippen LogP contribution in [-0.4, -0.2) is 50.2 Å². The van der Waals surface area contributed by atoms with Crippen LogP contribution in [0.3, 0.4) is 0 Å². The molecule has 1 aliphatic rings. The zero-order chi connectivity index (χ0) is 25.9. The largest absolute Gasteiger partial charge is 0.494 e. The summed E-state index contributed by atoms with van der Waals surface area (Å²) in [6.45, 7) is 4.91. The summed E-state index contributed by atoms with van der Waals surface area (Å²) < 4.78 is 30.9. The van der Waals surface area contributed by atoms with E-state index in [1.807, 2.05) is 6.92 Å². The molecule has 1 aliphatic carbocycles. The van der Waals surface area contributed by atoms with Crippen LogP contribution in [0.25, 0.3) is 0 Å². The molecule has 2 amide bonds. The van der Waals surface area contributed by atoms with Crippen LogP contribution in [0, 0.1) is 11.7 Å². The second-order valence-electron chi connectivity index (χ2n) is 8.45. The number of carbonyl (C=O) groups is 3. The number of ether oxygens (including phenoxy) is 3. The lowest BCUT2D eigenvalue weighted by Gasteiger charge is -2.27. The zero-order valence-electron chi connectivity index (χ0n) is 20.7. The normalized spacial score (nSPS) is 17.1. The van der Waals surface area contributed by atoms with Crippen molar-refractivity contribution in [3.8, 4) is 11.5 Å². The van der Waals surface area contributed by atoms with Crippen molar-refractivity contribution in [3.63, 3.8) is 0 Å². The number of benzene rings is 2. The molecule has 0 bridgehead atoms. The topological polar surface area (TPSA) is 103 Å². The summed E-state index contributed by atoms with van der Waals surface area (Å²) in [5.41, 5.74) is 0.368. The Bertz CT molecular complexity index is 1040. The minimum absolute atomic E-state index is 0.105. The highest BCUT2D eigenvalue weighted by Gasteiger charge is 2.28. The second-order valence-corrected chi connectivity index (χ2v) is 8.45. The fraction of sp³-hybridized carbons (Fsp3) is 0.444. The van der Waals surface area contributed by atoms with Gasteiger partial charge in [0.2, 0.25) is 0 Å². The van der Waals surface area contributed by atoms with Crippen LogP contribution in [0.15, 0.2) is 42.5 Å². The van der Waals surface area contributed by atoms with E-state index >= 15 is 0 Å². The van der Waals surface area contributed by atoms with Crippen LogP contribution in [-0.2, 0) is 9.53 Å². The van der Waals surface area contributed by atoms with Crippen molar-refractivity contribution in [1.82, 2.24) is 10.6 Å². The average Bonchev–Trinajstić information content (AvgIpc) is 2.87. The Morgan fingerprint density at radius 2 is 1.50 bits per heavy atom. The van der Waals surface area contributed by atoms with Gasteiger partial charge in [-0.2, -0.15) is 0 Å². The highest BCUT2D eigenvalue weighted by atomic mass is 19.1. The van der Waals surface area contributed by atoms with Crippen LogP contribution in [0.4, 0.5) is 4.39 Å². The van der Waals surface area contributed by atoms with E-state index in [0.29, 0.717) is 56.0 Å². The standard InChI is InChI=1S/C27H33FN2O6/c1-3-34-20-9-5-18(6-10-20)25(31)29-15-16-30-26(32)23-14-13-22(17-24(23)28)36-21-11-7-19(8-12-21)27(33)35-4-2/h5-6,9-10,13-14,17,19,21H,3-4,7-8,11-12,15-16H2,1-2H3,(H,29,31)(H,30,32)/t19-,21+. The van der Waals surface area contributed by atoms with Crippen LogP contribution >= 0.6 is 0 Å². The summed E-state index contributed by atoms with van der Waals surface area (Å²) in [6.07, 6.45) is 2.57. The number of carbonyl (C=O) groups excluding carboxylic acids is 3. The maximum Gasteiger partial charge on any atom is 0.308 e. The van der Waals surface area contributed by atoms with Gasteiger partial charge in [0, 0.05) is 24.7 Å². The lowest BCUT2D eigenvalue weighted by Crippen LogP contribution is -2.35. The van der Waals surface area contributed by atoms with Crippen LogP contribution in [0.2, 0.25) is 0 Å². The van der Waals surface area contributed by atoms with Gasteiger partial charge in [0.15, 0.2) is 0 Å². The monoisotopic (exact) mass is 500 g/mol. The van der Waals surface area contributed by atoms with Gasteiger partial charge in [-0.25, -0.2) is 4.39 Å². The first-order valence-electron chi connectivity index (χ1n) is 12.3. The Kier molecular flexibility index (Phi) is 10.1. The molecule has 3 rings (SSSR count). The van der Waals surface area contributed by atoms with E-state index < -0.39 is 11.7 Å². The number of hydrogen-bond acceptors (Lipinski definition) is 6. The van der Waals surface area contributed by atoms with E-state index in [2.05, 4.69) is 10.6 Å². The van der Waals surface area contributed by atoms with Crippen molar-refractivity contribution in [2.24, 2.45) is 5.92 Å². The lowest BCUT2D eigenvalue weighted by molar-refractivity contribution is -0.149. The van der Waals surface area contributed by atoms with E-state index in [0.717, 1.165) is 0 Å². The number of hydrogen-bond donors (Lipinski definition) is 2. The summed E-state index contributed by atoms with van der Waals surface area (Å²) in [7, 11) is 0. The van der Waals surface area contributed by atoms with Crippen LogP contribution in [0.5, 0.6) is 11.5 Å². The number of nitrogens with one attached hydrogen (secondary N) is 2. The Balaban J connectivity index is 1.41. The van der Waals surface area contributed by atoms with Gasteiger partial charge < -0.3 is 24.8 Å². The molecule has 2 aromatic rings. The average molecular weight is 501 g/mol. The van der Waals surface area contributed by atoms with Gasteiger partial charge in [-0.1, -0.05) is 0 Å². The van der Waals surface area contributed by atoms with Crippen LogP contribution in [0.1, 0.15) is 60.2 Å².